The molecular weight excluding hydrogens is 378 g/mol. The van der Waals surface area contributed by atoms with E-state index in [0.717, 1.165) is 78.0 Å². The third-order valence-electron chi connectivity index (χ3n) is 6.66. The van der Waals surface area contributed by atoms with Gasteiger partial charge < -0.3 is 20.0 Å². The predicted octanol–water partition coefficient (Wildman–Crippen LogP) is 1.85. The average molecular weight is 414 g/mol. The van der Waals surface area contributed by atoms with Gasteiger partial charge in [0.15, 0.2) is 0 Å². The van der Waals surface area contributed by atoms with Crippen LogP contribution in [0.5, 0.6) is 0 Å². The largest absolute Gasteiger partial charge is 0.369 e. The number of hydrogen-bond donors (Lipinski definition) is 1. The van der Waals surface area contributed by atoms with E-state index in [-0.39, 0.29) is 17.9 Å². The number of piperazine rings is 1. The first-order chi connectivity index (χ1) is 14.7. The van der Waals surface area contributed by atoms with Crippen molar-refractivity contribution in [1.29, 1.82) is 0 Å². The topological polar surface area (TPSA) is 59.1 Å². The number of nitrogens with zero attached hydrogens (tertiary/aromatic N) is 4. The number of benzene rings is 1. The molecule has 3 saturated heterocycles. The van der Waals surface area contributed by atoms with Gasteiger partial charge in [0.05, 0.1) is 5.92 Å². The van der Waals surface area contributed by atoms with E-state index in [9.17, 15) is 9.59 Å². The van der Waals surface area contributed by atoms with Gasteiger partial charge in [-0.3, -0.25) is 9.69 Å². The quantitative estimate of drug-likeness (QED) is 0.801. The Hall–Kier alpha value is -2.28. The first-order valence-corrected chi connectivity index (χ1v) is 11.5. The normalized spacial score (nSPS) is 22.9. The number of anilines is 1. The van der Waals surface area contributed by atoms with Gasteiger partial charge in [-0.15, -0.1) is 0 Å². The molecule has 0 bridgehead atoms. The molecule has 1 aromatic rings. The molecule has 4 rings (SSSR count). The van der Waals surface area contributed by atoms with Crippen molar-refractivity contribution in [2.45, 2.75) is 25.7 Å². The van der Waals surface area contributed by atoms with Gasteiger partial charge in [0, 0.05) is 71.1 Å². The Morgan fingerprint density at radius 3 is 2.30 bits per heavy atom. The van der Waals surface area contributed by atoms with Crippen LogP contribution in [0.2, 0.25) is 0 Å². The van der Waals surface area contributed by atoms with Crippen LogP contribution in [0.15, 0.2) is 30.3 Å². The predicted molar refractivity (Wildman–Crippen MR) is 119 cm³/mol. The molecule has 3 amide bonds. The van der Waals surface area contributed by atoms with Crippen molar-refractivity contribution in [3.8, 4) is 0 Å². The second-order valence-electron chi connectivity index (χ2n) is 8.72. The zero-order valence-corrected chi connectivity index (χ0v) is 18.0. The molecule has 1 atom stereocenters. The van der Waals surface area contributed by atoms with Gasteiger partial charge in [-0.05, 0) is 37.8 Å². The number of hydrogen-bond acceptors (Lipinski definition) is 4. The molecule has 164 valence electrons. The molecule has 0 spiro atoms. The van der Waals surface area contributed by atoms with Gasteiger partial charge >= 0.3 is 6.03 Å². The first-order valence-electron chi connectivity index (χ1n) is 11.5. The van der Waals surface area contributed by atoms with Gasteiger partial charge in [0.25, 0.3) is 0 Å². The van der Waals surface area contributed by atoms with Crippen LogP contribution in [0, 0.1) is 5.92 Å². The maximum atomic E-state index is 12.7. The van der Waals surface area contributed by atoms with Crippen LogP contribution in [0.4, 0.5) is 10.5 Å². The molecule has 7 heteroatoms. The summed E-state index contributed by atoms with van der Waals surface area (Å²) in [4.78, 5) is 34.0. The van der Waals surface area contributed by atoms with Gasteiger partial charge in [-0.2, -0.15) is 0 Å². The Bertz CT molecular complexity index is 699. The summed E-state index contributed by atoms with van der Waals surface area (Å²) in [7, 11) is 0. The van der Waals surface area contributed by atoms with E-state index in [1.54, 1.807) is 0 Å². The second-order valence-corrected chi connectivity index (χ2v) is 8.72. The lowest BCUT2D eigenvalue weighted by Crippen LogP contribution is -2.51. The van der Waals surface area contributed by atoms with Crippen molar-refractivity contribution < 1.29 is 9.59 Å². The molecule has 3 heterocycles. The summed E-state index contributed by atoms with van der Waals surface area (Å²) in [5.41, 5.74) is 1.29. The standard InChI is InChI=1S/C23H35N5O2/c29-22(20-7-6-13-28(19-20)23(30)27-11-4-5-12-27)24-10-14-25-15-17-26(18-16-25)21-8-2-1-3-9-21/h1-3,8-9,20H,4-7,10-19H2,(H,24,29)/t20-/m1/s1. The van der Waals surface area contributed by atoms with Crippen molar-refractivity contribution in [1.82, 2.24) is 20.0 Å². The molecule has 1 aromatic carbocycles. The number of likely N-dealkylation sites (tertiary alicyclic amines) is 2. The van der Waals surface area contributed by atoms with E-state index in [1.165, 1.54) is 5.69 Å². The summed E-state index contributed by atoms with van der Waals surface area (Å²) in [6.07, 6.45) is 4.00. The van der Waals surface area contributed by atoms with Crippen molar-refractivity contribution in [3.63, 3.8) is 0 Å². The van der Waals surface area contributed by atoms with E-state index in [2.05, 4.69) is 45.4 Å². The van der Waals surface area contributed by atoms with E-state index in [1.807, 2.05) is 9.80 Å². The molecule has 1 N–H and O–H groups in total. The lowest BCUT2D eigenvalue weighted by Gasteiger charge is -2.36. The third-order valence-corrected chi connectivity index (χ3v) is 6.66. The summed E-state index contributed by atoms with van der Waals surface area (Å²) in [6, 6.07) is 10.7. The molecule has 0 aromatic heterocycles. The number of carbonyl (C=O) groups is 2. The SMILES string of the molecule is O=C(NCCN1CCN(c2ccccc2)CC1)[C@@H]1CCCN(C(=O)N2CCCC2)C1. The average Bonchev–Trinajstić information content (AvgIpc) is 3.35. The van der Waals surface area contributed by atoms with Crippen molar-refractivity contribution in [2.75, 3.05) is 70.3 Å². The highest BCUT2D eigenvalue weighted by molar-refractivity contribution is 5.81. The minimum absolute atomic E-state index is 0.0692. The summed E-state index contributed by atoms with van der Waals surface area (Å²) < 4.78 is 0. The highest BCUT2D eigenvalue weighted by Crippen LogP contribution is 2.20. The number of para-hydroxylation sites is 1. The second kappa shape index (κ2) is 10.2. The van der Waals surface area contributed by atoms with E-state index >= 15 is 0 Å². The van der Waals surface area contributed by atoms with Crippen molar-refractivity contribution >= 4 is 17.6 Å². The van der Waals surface area contributed by atoms with Crippen LogP contribution in [-0.4, -0.2) is 92.1 Å². The zero-order valence-electron chi connectivity index (χ0n) is 18.0. The lowest BCUT2D eigenvalue weighted by atomic mass is 9.97. The molecule has 0 aliphatic carbocycles. The zero-order chi connectivity index (χ0) is 20.8. The molecule has 30 heavy (non-hydrogen) atoms. The maximum Gasteiger partial charge on any atom is 0.320 e. The molecular formula is C23H35N5O2. The Morgan fingerprint density at radius 1 is 0.867 bits per heavy atom. The number of piperidine rings is 1. The third kappa shape index (κ3) is 5.25. The Morgan fingerprint density at radius 2 is 1.57 bits per heavy atom. The van der Waals surface area contributed by atoms with E-state index in [0.29, 0.717) is 13.1 Å². The number of nitrogens with one attached hydrogen (secondary N) is 1. The van der Waals surface area contributed by atoms with E-state index < -0.39 is 0 Å². The molecule has 3 aliphatic heterocycles. The number of rotatable bonds is 5. The minimum atomic E-state index is -0.0692. The van der Waals surface area contributed by atoms with Crippen LogP contribution in [-0.2, 0) is 4.79 Å². The number of amides is 3. The maximum absolute atomic E-state index is 12.7. The Kier molecular flexibility index (Phi) is 7.10. The van der Waals surface area contributed by atoms with Gasteiger partial charge in [0.2, 0.25) is 5.91 Å². The first kappa shape index (κ1) is 21.0. The van der Waals surface area contributed by atoms with Gasteiger partial charge in [0.1, 0.15) is 0 Å². The fourth-order valence-corrected chi connectivity index (χ4v) is 4.82. The summed E-state index contributed by atoms with van der Waals surface area (Å²) >= 11 is 0. The van der Waals surface area contributed by atoms with Crippen LogP contribution in [0.3, 0.4) is 0 Å². The molecule has 0 saturated carbocycles. The Labute approximate surface area is 180 Å². The summed E-state index contributed by atoms with van der Waals surface area (Å²) in [6.45, 7) is 8.73. The molecule has 3 aliphatic rings. The fraction of sp³-hybridized carbons (Fsp3) is 0.652. The molecule has 3 fully saturated rings. The van der Waals surface area contributed by atoms with Gasteiger partial charge in [-0.1, -0.05) is 18.2 Å². The van der Waals surface area contributed by atoms with Crippen LogP contribution in [0.1, 0.15) is 25.7 Å². The Balaban J connectivity index is 1.16. The highest BCUT2D eigenvalue weighted by atomic mass is 16.2. The lowest BCUT2D eigenvalue weighted by molar-refractivity contribution is -0.126. The summed E-state index contributed by atoms with van der Waals surface area (Å²) in [5, 5.41) is 3.13. The van der Waals surface area contributed by atoms with Crippen LogP contribution in [0.25, 0.3) is 0 Å². The smallest absolute Gasteiger partial charge is 0.320 e. The van der Waals surface area contributed by atoms with Gasteiger partial charge in [-0.25, -0.2) is 4.79 Å². The van der Waals surface area contributed by atoms with Crippen LogP contribution < -0.4 is 10.2 Å². The summed E-state index contributed by atoms with van der Waals surface area (Å²) in [5.74, 6) is 0.0390. The number of carbonyl (C=O) groups excluding carboxylic acids is 2. The molecule has 7 nitrogen and oxygen atoms in total. The number of urea groups is 1. The van der Waals surface area contributed by atoms with Crippen molar-refractivity contribution in [2.24, 2.45) is 5.92 Å². The highest BCUT2D eigenvalue weighted by Gasteiger charge is 2.31. The molecule has 0 unspecified atom stereocenters. The van der Waals surface area contributed by atoms with Crippen molar-refractivity contribution in [3.05, 3.63) is 30.3 Å². The van der Waals surface area contributed by atoms with E-state index in [4.69, 9.17) is 0 Å². The molecule has 0 radical (unpaired) electrons. The monoisotopic (exact) mass is 413 g/mol. The fourth-order valence-electron chi connectivity index (χ4n) is 4.82. The minimum Gasteiger partial charge on any atom is -0.369 e. The van der Waals surface area contributed by atoms with Crippen LogP contribution >= 0.6 is 0 Å².